The average molecular weight is 208 g/mol. The highest BCUT2D eigenvalue weighted by Crippen LogP contribution is 2.13. The van der Waals surface area contributed by atoms with Gasteiger partial charge in [0.25, 0.3) is 0 Å². The number of hydrogen-bond donors (Lipinski definition) is 0. The molecule has 0 saturated carbocycles. The topological polar surface area (TPSA) is 34.9 Å². The number of Topliss-reactive ketones (excluding diaryl/α,β-unsaturated/α-hetero) is 1. The van der Waals surface area contributed by atoms with Gasteiger partial charge in [0.1, 0.15) is 11.6 Å². The summed E-state index contributed by atoms with van der Waals surface area (Å²) in [6.45, 7) is 6.18. The Bertz CT molecular complexity index is 328. The zero-order valence-electron chi connectivity index (χ0n) is 10.0. The summed E-state index contributed by atoms with van der Waals surface area (Å²) in [6.07, 6.45) is 5.03. The normalized spacial score (nSPS) is 13.1. The Kier molecular flexibility index (Phi) is 4.06. The van der Waals surface area contributed by atoms with Gasteiger partial charge < -0.3 is 4.57 Å². The van der Waals surface area contributed by atoms with Crippen LogP contribution < -0.4 is 0 Å². The van der Waals surface area contributed by atoms with Crippen molar-refractivity contribution >= 4 is 5.78 Å². The Labute approximate surface area is 91.5 Å². The van der Waals surface area contributed by atoms with Gasteiger partial charge in [0.05, 0.1) is 0 Å². The van der Waals surface area contributed by atoms with Crippen LogP contribution in [0, 0.1) is 11.8 Å². The molecule has 0 N–H and O–H groups in total. The first-order valence-electron chi connectivity index (χ1n) is 5.51. The van der Waals surface area contributed by atoms with Crippen molar-refractivity contribution in [1.82, 2.24) is 9.55 Å². The SMILES string of the molecule is CC(C)C(C)C(=O)CCc1nccn1C. The molecule has 3 heteroatoms. The van der Waals surface area contributed by atoms with Crippen molar-refractivity contribution in [3.63, 3.8) is 0 Å². The molecule has 1 aromatic rings. The van der Waals surface area contributed by atoms with E-state index in [0.717, 1.165) is 12.2 Å². The lowest BCUT2D eigenvalue weighted by Crippen LogP contribution is -2.17. The monoisotopic (exact) mass is 208 g/mol. The van der Waals surface area contributed by atoms with Crippen molar-refractivity contribution in [2.45, 2.75) is 33.6 Å². The van der Waals surface area contributed by atoms with Crippen molar-refractivity contribution in [3.8, 4) is 0 Å². The van der Waals surface area contributed by atoms with Gasteiger partial charge >= 0.3 is 0 Å². The van der Waals surface area contributed by atoms with Gasteiger partial charge in [0.2, 0.25) is 0 Å². The molecule has 1 rings (SSSR count). The number of carbonyl (C=O) groups excluding carboxylic acids is 1. The maximum absolute atomic E-state index is 11.8. The van der Waals surface area contributed by atoms with Gasteiger partial charge in [-0.15, -0.1) is 0 Å². The minimum atomic E-state index is 0.158. The molecule has 15 heavy (non-hydrogen) atoms. The third-order valence-corrected chi connectivity index (χ3v) is 3.02. The summed E-state index contributed by atoms with van der Waals surface area (Å²) in [6, 6.07) is 0. The first-order valence-corrected chi connectivity index (χ1v) is 5.51. The second-order valence-electron chi connectivity index (χ2n) is 4.45. The molecule has 0 radical (unpaired) electrons. The molecule has 0 bridgehead atoms. The number of carbonyl (C=O) groups is 1. The van der Waals surface area contributed by atoms with E-state index in [1.54, 1.807) is 6.20 Å². The predicted octanol–water partition coefficient (Wildman–Crippen LogP) is 2.21. The Morgan fingerprint density at radius 3 is 2.60 bits per heavy atom. The van der Waals surface area contributed by atoms with Gasteiger partial charge in [-0.25, -0.2) is 4.98 Å². The third-order valence-electron chi connectivity index (χ3n) is 3.02. The largest absolute Gasteiger partial charge is 0.338 e. The van der Waals surface area contributed by atoms with Crippen LogP contribution in [0.1, 0.15) is 33.0 Å². The van der Waals surface area contributed by atoms with Crippen LogP contribution in [0.5, 0.6) is 0 Å². The van der Waals surface area contributed by atoms with E-state index >= 15 is 0 Å². The molecule has 0 amide bonds. The number of rotatable bonds is 5. The van der Waals surface area contributed by atoms with E-state index in [0.29, 0.717) is 18.1 Å². The lowest BCUT2D eigenvalue weighted by molar-refractivity contribution is -0.123. The summed E-state index contributed by atoms with van der Waals surface area (Å²) in [7, 11) is 1.96. The van der Waals surface area contributed by atoms with E-state index < -0.39 is 0 Å². The average Bonchev–Trinajstić information content (AvgIpc) is 2.59. The Hall–Kier alpha value is -1.12. The van der Waals surface area contributed by atoms with Crippen molar-refractivity contribution in [1.29, 1.82) is 0 Å². The maximum Gasteiger partial charge on any atom is 0.136 e. The van der Waals surface area contributed by atoms with Gasteiger partial charge in [-0.05, 0) is 5.92 Å². The maximum atomic E-state index is 11.8. The molecule has 1 atom stereocenters. The zero-order valence-corrected chi connectivity index (χ0v) is 10.0. The summed E-state index contributed by atoms with van der Waals surface area (Å²) < 4.78 is 1.97. The van der Waals surface area contributed by atoms with E-state index in [4.69, 9.17) is 0 Å². The first-order chi connectivity index (χ1) is 7.02. The highest BCUT2D eigenvalue weighted by molar-refractivity contribution is 5.80. The minimum Gasteiger partial charge on any atom is -0.338 e. The molecule has 0 aliphatic heterocycles. The fraction of sp³-hybridized carbons (Fsp3) is 0.667. The molecule has 1 unspecified atom stereocenters. The molecule has 0 fully saturated rings. The van der Waals surface area contributed by atoms with E-state index in [1.807, 2.05) is 24.7 Å². The lowest BCUT2D eigenvalue weighted by Gasteiger charge is -2.13. The van der Waals surface area contributed by atoms with Crippen molar-refractivity contribution in [2.75, 3.05) is 0 Å². The number of ketones is 1. The fourth-order valence-corrected chi connectivity index (χ4v) is 1.47. The summed E-state index contributed by atoms with van der Waals surface area (Å²) in [4.78, 5) is 16.0. The van der Waals surface area contributed by atoms with Crippen molar-refractivity contribution in [3.05, 3.63) is 18.2 Å². The first kappa shape index (κ1) is 12.0. The third kappa shape index (κ3) is 3.18. The van der Waals surface area contributed by atoms with Gasteiger partial charge in [0.15, 0.2) is 0 Å². The predicted molar refractivity (Wildman–Crippen MR) is 60.5 cm³/mol. The van der Waals surface area contributed by atoms with E-state index in [-0.39, 0.29) is 5.92 Å². The Morgan fingerprint density at radius 1 is 1.47 bits per heavy atom. The molecule has 0 saturated heterocycles. The van der Waals surface area contributed by atoms with Crippen LogP contribution in [-0.4, -0.2) is 15.3 Å². The summed E-state index contributed by atoms with van der Waals surface area (Å²) in [5, 5.41) is 0. The van der Waals surface area contributed by atoms with E-state index in [9.17, 15) is 4.79 Å². The number of aryl methyl sites for hydroxylation is 2. The number of nitrogens with zero attached hydrogens (tertiary/aromatic N) is 2. The van der Waals surface area contributed by atoms with Crippen molar-refractivity contribution < 1.29 is 4.79 Å². The summed E-state index contributed by atoms with van der Waals surface area (Å²) in [5.74, 6) is 1.91. The van der Waals surface area contributed by atoms with Crippen LogP contribution in [-0.2, 0) is 18.3 Å². The van der Waals surface area contributed by atoms with E-state index in [1.165, 1.54) is 0 Å². The van der Waals surface area contributed by atoms with Crippen LogP contribution in [0.3, 0.4) is 0 Å². The Balaban J connectivity index is 2.44. The fourth-order valence-electron chi connectivity index (χ4n) is 1.47. The smallest absolute Gasteiger partial charge is 0.136 e. The van der Waals surface area contributed by atoms with Gasteiger partial charge in [0, 0.05) is 38.2 Å². The van der Waals surface area contributed by atoms with Crippen LogP contribution in [0.25, 0.3) is 0 Å². The molecule has 0 aliphatic rings. The number of aromatic nitrogens is 2. The van der Waals surface area contributed by atoms with E-state index in [2.05, 4.69) is 18.8 Å². The molecule has 0 aromatic carbocycles. The highest BCUT2D eigenvalue weighted by Gasteiger charge is 2.16. The summed E-state index contributed by atoms with van der Waals surface area (Å²) >= 11 is 0. The lowest BCUT2D eigenvalue weighted by atomic mass is 9.91. The second kappa shape index (κ2) is 5.10. The number of imidazole rings is 1. The second-order valence-corrected chi connectivity index (χ2v) is 4.45. The standard InChI is InChI=1S/C12H20N2O/c1-9(2)10(3)11(15)5-6-12-13-7-8-14(12)4/h7-10H,5-6H2,1-4H3. The van der Waals surface area contributed by atoms with Gasteiger partial charge in [-0.3, -0.25) is 4.79 Å². The number of hydrogen-bond acceptors (Lipinski definition) is 2. The van der Waals surface area contributed by atoms with Gasteiger partial charge in [-0.1, -0.05) is 20.8 Å². The molecule has 0 aliphatic carbocycles. The Morgan fingerprint density at radius 2 is 2.13 bits per heavy atom. The molecule has 1 aromatic heterocycles. The minimum absolute atomic E-state index is 0.158. The molecule has 3 nitrogen and oxygen atoms in total. The molecular formula is C12H20N2O. The van der Waals surface area contributed by atoms with Crippen molar-refractivity contribution in [2.24, 2.45) is 18.9 Å². The van der Waals surface area contributed by atoms with Crippen LogP contribution >= 0.6 is 0 Å². The van der Waals surface area contributed by atoms with Crippen LogP contribution in [0.15, 0.2) is 12.4 Å². The highest BCUT2D eigenvalue weighted by atomic mass is 16.1. The summed E-state index contributed by atoms with van der Waals surface area (Å²) in [5.41, 5.74) is 0. The molecule has 1 heterocycles. The van der Waals surface area contributed by atoms with Crippen LogP contribution in [0.2, 0.25) is 0 Å². The quantitative estimate of drug-likeness (QED) is 0.743. The molecule has 84 valence electrons. The van der Waals surface area contributed by atoms with Crippen LogP contribution in [0.4, 0.5) is 0 Å². The zero-order chi connectivity index (χ0) is 11.4. The molecular weight excluding hydrogens is 188 g/mol. The molecule has 0 spiro atoms. The van der Waals surface area contributed by atoms with Gasteiger partial charge in [-0.2, -0.15) is 0 Å².